The van der Waals surface area contributed by atoms with E-state index in [9.17, 15) is 13.6 Å². The van der Waals surface area contributed by atoms with Crippen LogP contribution in [0.2, 0.25) is 0 Å². The predicted octanol–water partition coefficient (Wildman–Crippen LogP) is 3.98. The third kappa shape index (κ3) is 4.30. The molecule has 0 atom stereocenters. The smallest absolute Gasteiger partial charge is 0.237 e. The van der Waals surface area contributed by atoms with Crippen molar-refractivity contribution in [3.8, 4) is 0 Å². The molecule has 2 rings (SSSR count). The zero-order valence-corrected chi connectivity index (χ0v) is 13.3. The number of halogens is 2. The van der Waals surface area contributed by atoms with E-state index in [4.69, 9.17) is 4.52 Å². The molecule has 7 heteroatoms. The third-order valence-corrected chi connectivity index (χ3v) is 3.80. The zero-order valence-electron chi connectivity index (χ0n) is 12.4. The second-order valence-corrected chi connectivity index (χ2v) is 6.79. The Morgan fingerprint density at radius 1 is 1.27 bits per heavy atom. The summed E-state index contributed by atoms with van der Waals surface area (Å²) in [4.78, 5) is 12.3. The maximum atomic E-state index is 13.1. The molecular formula is C15H16F2N2O2S. The van der Waals surface area contributed by atoms with Gasteiger partial charge < -0.3 is 4.52 Å². The maximum Gasteiger partial charge on any atom is 0.237 e. The van der Waals surface area contributed by atoms with Gasteiger partial charge in [-0.2, -0.15) is 0 Å². The average molecular weight is 326 g/mol. The number of benzene rings is 1. The number of nitrogens with zero attached hydrogens (tertiary/aromatic N) is 1. The molecule has 1 heterocycles. The number of aromatic nitrogens is 1. The van der Waals surface area contributed by atoms with E-state index >= 15 is 0 Å². The lowest BCUT2D eigenvalue weighted by Crippen LogP contribution is -2.14. The number of carbonyl (C=O) groups excluding carboxylic acids is 1. The Morgan fingerprint density at radius 3 is 2.59 bits per heavy atom. The molecule has 1 amide bonds. The largest absolute Gasteiger partial charge is 0.338 e. The van der Waals surface area contributed by atoms with Crippen molar-refractivity contribution in [2.45, 2.75) is 31.1 Å². The first kappa shape index (κ1) is 16.5. The van der Waals surface area contributed by atoms with Gasteiger partial charge in [0.2, 0.25) is 11.8 Å². The van der Waals surface area contributed by atoms with Gasteiger partial charge in [0, 0.05) is 16.4 Å². The van der Waals surface area contributed by atoms with Crippen LogP contribution in [0.4, 0.5) is 14.7 Å². The van der Waals surface area contributed by atoms with E-state index in [2.05, 4.69) is 10.5 Å². The molecule has 2 aromatic rings. The second-order valence-electron chi connectivity index (χ2n) is 5.74. The first-order valence-electron chi connectivity index (χ1n) is 6.60. The summed E-state index contributed by atoms with van der Waals surface area (Å²) in [5.74, 6) is -1.84. The maximum absolute atomic E-state index is 13.1. The average Bonchev–Trinajstić information content (AvgIpc) is 2.88. The quantitative estimate of drug-likeness (QED) is 0.864. The second kappa shape index (κ2) is 6.48. The van der Waals surface area contributed by atoms with Crippen LogP contribution in [0.25, 0.3) is 0 Å². The van der Waals surface area contributed by atoms with Crippen molar-refractivity contribution in [2.24, 2.45) is 0 Å². The van der Waals surface area contributed by atoms with Crippen LogP contribution in [0.3, 0.4) is 0 Å². The van der Waals surface area contributed by atoms with Crippen LogP contribution in [0, 0.1) is 11.6 Å². The van der Waals surface area contributed by atoms with Crippen molar-refractivity contribution in [1.82, 2.24) is 5.16 Å². The molecular weight excluding hydrogens is 310 g/mol. The van der Waals surface area contributed by atoms with E-state index in [0.29, 0.717) is 4.90 Å². The van der Waals surface area contributed by atoms with Crippen molar-refractivity contribution in [3.63, 3.8) is 0 Å². The highest BCUT2D eigenvalue weighted by Gasteiger charge is 2.19. The Hall–Kier alpha value is -1.89. The number of carbonyl (C=O) groups is 1. The van der Waals surface area contributed by atoms with Crippen molar-refractivity contribution in [3.05, 3.63) is 41.6 Å². The molecule has 22 heavy (non-hydrogen) atoms. The number of thioether (sulfide) groups is 1. The summed E-state index contributed by atoms with van der Waals surface area (Å²) in [5, 5.41) is 6.47. The molecule has 0 aliphatic carbocycles. The number of hydrogen-bond donors (Lipinski definition) is 1. The summed E-state index contributed by atoms with van der Waals surface area (Å²) >= 11 is 1.10. The van der Waals surface area contributed by atoms with E-state index in [1.807, 2.05) is 20.8 Å². The van der Waals surface area contributed by atoms with Crippen LogP contribution in [-0.4, -0.2) is 16.8 Å². The van der Waals surface area contributed by atoms with Gasteiger partial charge in [-0.1, -0.05) is 25.9 Å². The lowest BCUT2D eigenvalue weighted by atomic mass is 9.92. The van der Waals surface area contributed by atoms with Crippen molar-refractivity contribution in [1.29, 1.82) is 0 Å². The monoisotopic (exact) mass is 326 g/mol. The van der Waals surface area contributed by atoms with Gasteiger partial charge in [-0.05, 0) is 18.2 Å². The van der Waals surface area contributed by atoms with E-state index in [0.717, 1.165) is 29.6 Å². The van der Waals surface area contributed by atoms with Crippen LogP contribution in [0.5, 0.6) is 0 Å². The van der Waals surface area contributed by atoms with Gasteiger partial charge in [-0.15, -0.1) is 11.8 Å². The van der Waals surface area contributed by atoms with Crippen molar-refractivity contribution in [2.75, 3.05) is 11.1 Å². The Bertz CT molecular complexity index is 680. The normalized spacial score (nSPS) is 11.5. The third-order valence-electron chi connectivity index (χ3n) is 2.80. The summed E-state index contributed by atoms with van der Waals surface area (Å²) in [6.07, 6.45) is 0. The molecule has 0 aliphatic rings. The number of nitrogens with one attached hydrogen (secondary N) is 1. The minimum absolute atomic E-state index is 0.0522. The molecule has 0 unspecified atom stereocenters. The van der Waals surface area contributed by atoms with Gasteiger partial charge in [0.15, 0.2) is 11.6 Å². The van der Waals surface area contributed by atoms with Crippen LogP contribution in [0.15, 0.2) is 33.7 Å². The van der Waals surface area contributed by atoms with E-state index < -0.39 is 11.6 Å². The fourth-order valence-corrected chi connectivity index (χ4v) is 2.30. The minimum Gasteiger partial charge on any atom is -0.338 e. The SMILES string of the molecule is CC(C)(C)c1cc(NC(=O)CSc2ccc(F)c(F)c2)on1. The number of hydrogen-bond acceptors (Lipinski definition) is 4. The van der Waals surface area contributed by atoms with E-state index in [-0.39, 0.29) is 23.0 Å². The summed E-state index contributed by atoms with van der Waals surface area (Å²) < 4.78 is 30.9. The first-order chi connectivity index (χ1) is 10.3. The van der Waals surface area contributed by atoms with Crippen LogP contribution in [0.1, 0.15) is 26.5 Å². The van der Waals surface area contributed by atoms with Crippen LogP contribution in [-0.2, 0) is 10.2 Å². The molecule has 0 spiro atoms. The lowest BCUT2D eigenvalue weighted by Gasteiger charge is -2.12. The molecule has 1 N–H and O–H groups in total. The Balaban J connectivity index is 1.90. The summed E-state index contributed by atoms with van der Waals surface area (Å²) in [7, 11) is 0. The van der Waals surface area contributed by atoms with Crippen LogP contribution >= 0.6 is 11.8 Å². The topological polar surface area (TPSA) is 55.1 Å². The van der Waals surface area contributed by atoms with Gasteiger partial charge in [0.25, 0.3) is 0 Å². The first-order valence-corrected chi connectivity index (χ1v) is 7.59. The molecule has 0 aliphatic heterocycles. The Morgan fingerprint density at radius 2 is 2.00 bits per heavy atom. The van der Waals surface area contributed by atoms with Crippen LogP contribution < -0.4 is 5.32 Å². The highest BCUT2D eigenvalue weighted by Crippen LogP contribution is 2.24. The van der Waals surface area contributed by atoms with Crippen molar-refractivity contribution < 1.29 is 18.1 Å². The lowest BCUT2D eigenvalue weighted by molar-refractivity contribution is -0.113. The van der Waals surface area contributed by atoms with Gasteiger partial charge in [-0.3, -0.25) is 10.1 Å². The number of anilines is 1. The zero-order chi connectivity index (χ0) is 16.3. The molecule has 0 fully saturated rings. The molecule has 118 valence electrons. The molecule has 0 saturated carbocycles. The molecule has 0 saturated heterocycles. The van der Waals surface area contributed by atoms with Gasteiger partial charge >= 0.3 is 0 Å². The van der Waals surface area contributed by atoms with E-state index in [1.54, 1.807) is 6.07 Å². The number of amides is 1. The number of rotatable bonds is 4. The minimum atomic E-state index is -0.935. The highest BCUT2D eigenvalue weighted by atomic mass is 32.2. The molecule has 0 radical (unpaired) electrons. The summed E-state index contributed by atoms with van der Waals surface area (Å²) in [6.45, 7) is 5.94. The fraction of sp³-hybridized carbons (Fsp3) is 0.333. The fourth-order valence-electron chi connectivity index (χ4n) is 1.58. The highest BCUT2D eigenvalue weighted by molar-refractivity contribution is 8.00. The summed E-state index contributed by atoms with van der Waals surface area (Å²) in [5.41, 5.74) is 0.559. The van der Waals surface area contributed by atoms with Gasteiger partial charge in [0.05, 0.1) is 11.4 Å². The Labute approximate surface area is 131 Å². The van der Waals surface area contributed by atoms with E-state index in [1.165, 1.54) is 6.07 Å². The van der Waals surface area contributed by atoms with Crippen molar-refractivity contribution >= 4 is 23.6 Å². The molecule has 0 bridgehead atoms. The Kier molecular flexibility index (Phi) is 4.85. The summed E-state index contributed by atoms with van der Waals surface area (Å²) in [6, 6.07) is 5.17. The standard InChI is InChI=1S/C15H16F2N2O2S/c1-15(2,3)12-7-14(21-19-12)18-13(20)8-22-9-4-5-10(16)11(17)6-9/h4-7H,8H2,1-3H3,(H,18,20). The van der Waals surface area contributed by atoms with Gasteiger partial charge in [0.1, 0.15) is 0 Å². The molecule has 1 aromatic carbocycles. The predicted molar refractivity (Wildman–Crippen MR) is 80.9 cm³/mol. The molecule has 4 nitrogen and oxygen atoms in total. The van der Waals surface area contributed by atoms with Gasteiger partial charge in [-0.25, -0.2) is 8.78 Å². The molecule has 1 aromatic heterocycles.